The van der Waals surface area contributed by atoms with Crippen LogP contribution in [0.2, 0.25) is 0 Å². The highest BCUT2D eigenvalue weighted by molar-refractivity contribution is 6.27. The Morgan fingerprint density at radius 3 is 1.10 bits per heavy atom. The molecule has 0 aliphatic heterocycles. The van der Waals surface area contributed by atoms with E-state index in [9.17, 15) is 15.8 Å². The zero-order valence-electron chi connectivity index (χ0n) is 15.1. The van der Waals surface area contributed by atoms with Crippen LogP contribution in [0.4, 0.5) is 17.1 Å². The van der Waals surface area contributed by atoms with Crippen LogP contribution in [0, 0.1) is 53.7 Å². The van der Waals surface area contributed by atoms with Crippen molar-refractivity contribution in [3.8, 4) is 18.2 Å². The summed E-state index contributed by atoms with van der Waals surface area (Å²) in [4.78, 5) is 10.3. The van der Waals surface area contributed by atoms with Crippen molar-refractivity contribution in [1.29, 1.82) is 15.8 Å². The van der Waals surface area contributed by atoms with Gasteiger partial charge in [-0.3, -0.25) is 9.69 Å². The summed E-state index contributed by atoms with van der Waals surface area (Å²) in [6, 6.07) is 15.6. The first kappa shape index (κ1) is 18.0. The van der Waals surface area contributed by atoms with Gasteiger partial charge in [0.15, 0.2) is 11.4 Å². The van der Waals surface area contributed by atoms with E-state index in [1.165, 1.54) is 0 Å². The zero-order valence-corrected chi connectivity index (χ0v) is 15.1. The van der Waals surface area contributed by atoms with Gasteiger partial charge in [0, 0.05) is 0 Å². The molecule has 6 nitrogen and oxygen atoms in total. The van der Waals surface area contributed by atoms with Crippen LogP contribution in [0.15, 0.2) is 36.4 Å². The van der Waals surface area contributed by atoms with Crippen LogP contribution < -0.4 is 0 Å². The Morgan fingerprint density at radius 2 is 0.767 bits per heavy atom. The highest BCUT2D eigenvalue weighted by Crippen LogP contribution is 2.43. The van der Waals surface area contributed by atoms with Gasteiger partial charge in [0.05, 0.1) is 42.5 Å². The Kier molecular flexibility index (Phi) is 3.98. The molecular weight excluding hydrogens is 372 g/mol. The minimum absolute atomic E-state index is 0.179. The van der Waals surface area contributed by atoms with Crippen LogP contribution in [-0.2, 0) is 0 Å². The minimum atomic E-state index is 0.179. The zero-order chi connectivity index (χ0) is 21.4. The van der Waals surface area contributed by atoms with E-state index in [1.54, 1.807) is 36.4 Å². The number of hydrogen-bond donors (Lipinski definition) is 0. The third kappa shape index (κ3) is 2.38. The topological polar surface area (TPSA) is 84.4 Å². The average molecular weight is 378 g/mol. The lowest BCUT2D eigenvalue weighted by atomic mass is 9.90. The smallest absolute Gasteiger partial charge is 0.205 e. The van der Waals surface area contributed by atoms with Crippen molar-refractivity contribution in [1.82, 2.24) is 0 Å². The fraction of sp³-hybridized carbons (Fsp3) is 0. The monoisotopic (exact) mass is 378 g/mol. The van der Waals surface area contributed by atoms with Gasteiger partial charge in [0.2, 0.25) is 5.69 Å². The van der Waals surface area contributed by atoms with Crippen molar-refractivity contribution in [2.75, 3.05) is 0 Å². The number of rotatable bonds is 0. The van der Waals surface area contributed by atoms with Crippen molar-refractivity contribution >= 4 is 49.4 Å². The summed E-state index contributed by atoms with van der Waals surface area (Å²) in [5.74, 6) is 0. The molecule has 0 radical (unpaired) electrons. The quantitative estimate of drug-likeness (QED) is 0.262. The number of fused-ring (bicyclic) bond motifs is 6. The molecule has 0 atom stereocenters. The normalized spacial score (nSPS) is 9.80. The van der Waals surface area contributed by atoms with Crippen LogP contribution in [0.3, 0.4) is 0 Å². The fourth-order valence-electron chi connectivity index (χ4n) is 3.65. The predicted molar refractivity (Wildman–Crippen MR) is 112 cm³/mol. The molecule has 0 aromatic heterocycles. The SMILES string of the molecule is [C-]#[N+]c1cc2c(cc1C#N)c1cc(C#N)c(C#N)cc1c1cc([N+]#[C-])c([N+]#[C-])cc21. The lowest BCUT2D eigenvalue weighted by molar-refractivity contribution is 1.45. The van der Waals surface area contributed by atoms with E-state index >= 15 is 0 Å². The highest BCUT2D eigenvalue weighted by Gasteiger charge is 2.17. The molecule has 0 saturated heterocycles. The molecular formula is C24H6N6. The van der Waals surface area contributed by atoms with Crippen molar-refractivity contribution in [3.63, 3.8) is 0 Å². The van der Waals surface area contributed by atoms with Gasteiger partial charge in [-0.2, -0.15) is 15.8 Å². The molecule has 4 aromatic rings. The van der Waals surface area contributed by atoms with Gasteiger partial charge in [-0.05, 0) is 56.6 Å². The van der Waals surface area contributed by atoms with Gasteiger partial charge in [0.1, 0.15) is 12.1 Å². The highest BCUT2D eigenvalue weighted by atomic mass is 14.7. The van der Waals surface area contributed by atoms with E-state index in [0.717, 1.165) is 0 Å². The van der Waals surface area contributed by atoms with E-state index in [2.05, 4.69) is 14.5 Å². The maximum Gasteiger partial charge on any atom is 0.205 e. The predicted octanol–water partition coefficient (Wildman–Crippen LogP) is 6.41. The van der Waals surface area contributed by atoms with Crippen LogP contribution in [0.5, 0.6) is 0 Å². The largest absolute Gasteiger partial charge is 0.250 e. The Hall–Kier alpha value is -5.40. The van der Waals surface area contributed by atoms with Gasteiger partial charge < -0.3 is 0 Å². The lowest BCUT2D eigenvalue weighted by Crippen LogP contribution is -1.90. The van der Waals surface area contributed by atoms with E-state index < -0.39 is 0 Å². The first-order valence-electron chi connectivity index (χ1n) is 8.48. The number of nitriles is 3. The van der Waals surface area contributed by atoms with Gasteiger partial charge >= 0.3 is 0 Å². The molecule has 0 N–H and O–H groups in total. The van der Waals surface area contributed by atoms with Gasteiger partial charge in [0.25, 0.3) is 0 Å². The average Bonchev–Trinajstić information content (AvgIpc) is 2.81. The third-order valence-corrected chi connectivity index (χ3v) is 5.00. The van der Waals surface area contributed by atoms with Crippen molar-refractivity contribution in [3.05, 3.63) is 87.3 Å². The second-order valence-corrected chi connectivity index (χ2v) is 6.42. The fourth-order valence-corrected chi connectivity index (χ4v) is 3.65. The van der Waals surface area contributed by atoms with Crippen LogP contribution in [0.25, 0.3) is 46.9 Å². The summed E-state index contributed by atoms with van der Waals surface area (Å²) in [6.07, 6.45) is 0. The minimum Gasteiger partial charge on any atom is -0.250 e. The van der Waals surface area contributed by atoms with E-state index in [1.807, 2.05) is 18.2 Å². The third-order valence-electron chi connectivity index (χ3n) is 5.00. The van der Waals surface area contributed by atoms with Crippen LogP contribution in [-0.4, -0.2) is 0 Å². The number of benzene rings is 4. The van der Waals surface area contributed by atoms with Crippen molar-refractivity contribution < 1.29 is 0 Å². The molecule has 0 aliphatic carbocycles. The molecule has 30 heavy (non-hydrogen) atoms. The lowest BCUT2D eigenvalue weighted by Gasteiger charge is -2.14. The Labute approximate surface area is 171 Å². The summed E-state index contributed by atoms with van der Waals surface area (Å²) in [5, 5.41) is 32.2. The second kappa shape index (κ2) is 6.64. The van der Waals surface area contributed by atoms with E-state index in [0.29, 0.717) is 32.3 Å². The summed E-state index contributed by atoms with van der Waals surface area (Å²) >= 11 is 0. The molecule has 4 rings (SSSR count). The summed E-state index contributed by atoms with van der Waals surface area (Å²) in [7, 11) is 0. The molecule has 0 saturated carbocycles. The summed E-state index contributed by atoms with van der Waals surface area (Å²) in [6.45, 7) is 22.2. The van der Waals surface area contributed by atoms with E-state index in [4.69, 9.17) is 19.7 Å². The molecule has 0 amide bonds. The number of nitrogens with zero attached hydrogens (tertiary/aromatic N) is 6. The molecule has 0 heterocycles. The standard InChI is InChI=1S/C24H6N6/c1-28-22-7-19-18(6-15(22)12-27)16-4-13(10-25)14(11-26)5-17(16)20-8-23(29-2)24(30-3)9-21(19)20/h4-9H. The molecule has 6 heteroatoms. The number of hydrogen-bond acceptors (Lipinski definition) is 3. The molecule has 0 unspecified atom stereocenters. The molecule has 132 valence electrons. The molecule has 0 aliphatic rings. The van der Waals surface area contributed by atoms with Gasteiger partial charge in [-0.1, -0.05) is 12.1 Å². The maximum atomic E-state index is 9.47. The Morgan fingerprint density at radius 1 is 0.467 bits per heavy atom. The second-order valence-electron chi connectivity index (χ2n) is 6.42. The maximum absolute atomic E-state index is 9.47. The van der Waals surface area contributed by atoms with Gasteiger partial charge in [-0.25, -0.2) is 4.85 Å². The molecule has 0 spiro atoms. The van der Waals surface area contributed by atoms with E-state index in [-0.39, 0.29) is 33.8 Å². The first-order valence-corrected chi connectivity index (χ1v) is 8.48. The van der Waals surface area contributed by atoms with Crippen LogP contribution in [0.1, 0.15) is 16.7 Å². The van der Waals surface area contributed by atoms with Crippen molar-refractivity contribution in [2.45, 2.75) is 0 Å². The molecule has 0 fully saturated rings. The summed E-state index contributed by atoms with van der Waals surface area (Å²) < 4.78 is 0. The Bertz CT molecular complexity index is 1340. The molecule has 0 bridgehead atoms. The Balaban J connectivity index is 2.42. The van der Waals surface area contributed by atoms with Crippen molar-refractivity contribution in [2.24, 2.45) is 0 Å². The van der Waals surface area contributed by atoms with Gasteiger partial charge in [-0.15, -0.1) is 0 Å². The summed E-state index contributed by atoms with van der Waals surface area (Å²) in [5.41, 5.74) is 1.13. The van der Waals surface area contributed by atoms with Crippen LogP contribution >= 0.6 is 0 Å². The molecule has 4 aromatic carbocycles. The first-order chi connectivity index (χ1) is 14.6.